The van der Waals surface area contributed by atoms with Crippen molar-refractivity contribution in [3.05, 3.63) is 23.8 Å². The molecular weight excluding hydrogens is 200 g/mol. The Bertz CT molecular complexity index is 411. The van der Waals surface area contributed by atoms with Crippen LogP contribution in [-0.4, -0.2) is 18.2 Å². The Morgan fingerprint density at radius 2 is 2.36 bits per heavy atom. The summed E-state index contributed by atoms with van der Waals surface area (Å²) in [4.78, 5) is 14.7. The van der Waals surface area contributed by atoms with Crippen LogP contribution in [0, 0.1) is 0 Å². The summed E-state index contributed by atoms with van der Waals surface area (Å²) >= 11 is 4.44. The Kier molecular flexibility index (Phi) is 3.34. The number of amides is 1. The van der Waals surface area contributed by atoms with Gasteiger partial charge in [0.05, 0.1) is 23.5 Å². The molecule has 0 heterocycles. The van der Waals surface area contributed by atoms with Crippen LogP contribution in [0.3, 0.4) is 0 Å². The molecule has 0 radical (unpaired) electrons. The first-order valence-corrected chi connectivity index (χ1v) is 4.15. The van der Waals surface area contributed by atoms with E-state index in [9.17, 15) is 4.79 Å². The molecule has 0 saturated carbocycles. The molecule has 1 aromatic carbocycles. The zero-order chi connectivity index (χ0) is 10.6. The zero-order valence-corrected chi connectivity index (χ0v) is 8.30. The van der Waals surface area contributed by atoms with Crippen molar-refractivity contribution in [3.8, 4) is 5.75 Å². The fraction of sp³-hybridized carbons (Fsp3) is 0.111. The minimum Gasteiger partial charge on any atom is -0.496 e. The molecule has 0 aliphatic carbocycles. The second kappa shape index (κ2) is 4.50. The number of aliphatic imine (C=N–C) groups is 1. The van der Waals surface area contributed by atoms with Gasteiger partial charge in [0, 0.05) is 0 Å². The monoisotopic (exact) mass is 208 g/mol. The van der Waals surface area contributed by atoms with Crippen LogP contribution in [0.5, 0.6) is 5.75 Å². The van der Waals surface area contributed by atoms with Crippen molar-refractivity contribution in [2.24, 2.45) is 10.7 Å². The lowest BCUT2D eigenvalue weighted by Crippen LogP contribution is -2.12. The van der Waals surface area contributed by atoms with Crippen molar-refractivity contribution in [1.29, 1.82) is 0 Å². The van der Waals surface area contributed by atoms with Gasteiger partial charge in [-0.25, -0.2) is 0 Å². The van der Waals surface area contributed by atoms with E-state index in [2.05, 4.69) is 22.4 Å². The van der Waals surface area contributed by atoms with Crippen LogP contribution >= 0.6 is 12.2 Å². The summed E-state index contributed by atoms with van der Waals surface area (Å²) in [6.07, 6.45) is 0. The van der Waals surface area contributed by atoms with E-state index in [1.807, 2.05) is 0 Å². The Hall–Kier alpha value is -1.71. The molecule has 0 spiro atoms. The number of carbonyl (C=O) groups excluding carboxylic acids is 1. The second-order valence-corrected chi connectivity index (χ2v) is 2.63. The standard InChI is InChI=1S/C9H8N2O2S/c1-13-8-3-2-6(11-5-14)4-7(8)9(10)12/h2-4H,1H3,(H2,10,12). The molecule has 14 heavy (non-hydrogen) atoms. The average molecular weight is 208 g/mol. The molecule has 0 aliphatic heterocycles. The van der Waals surface area contributed by atoms with E-state index in [4.69, 9.17) is 10.5 Å². The van der Waals surface area contributed by atoms with Crippen molar-refractivity contribution in [2.75, 3.05) is 7.11 Å². The quantitative estimate of drug-likeness (QED) is 0.605. The highest BCUT2D eigenvalue weighted by atomic mass is 32.1. The summed E-state index contributed by atoms with van der Waals surface area (Å²) in [5.74, 6) is -0.149. The molecule has 1 rings (SSSR count). The predicted octanol–water partition coefficient (Wildman–Crippen LogP) is 1.53. The minimum absolute atomic E-state index is 0.277. The van der Waals surface area contributed by atoms with Gasteiger partial charge in [-0.3, -0.25) is 4.79 Å². The van der Waals surface area contributed by atoms with Gasteiger partial charge in [0.15, 0.2) is 0 Å². The molecule has 1 amide bonds. The molecule has 2 N–H and O–H groups in total. The highest BCUT2D eigenvalue weighted by Gasteiger charge is 2.08. The second-order valence-electron chi connectivity index (χ2n) is 2.45. The van der Waals surface area contributed by atoms with Crippen LogP contribution in [0.15, 0.2) is 23.2 Å². The van der Waals surface area contributed by atoms with Crippen molar-refractivity contribution >= 4 is 29.0 Å². The molecule has 0 aliphatic rings. The molecule has 0 fully saturated rings. The van der Waals surface area contributed by atoms with Gasteiger partial charge in [0.25, 0.3) is 5.91 Å². The fourth-order valence-electron chi connectivity index (χ4n) is 1.01. The van der Waals surface area contributed by atoms with Crippen molar-refractivity contribution < 1.29 is 9.53 Å². The highest BCUT2D eigenvalue weighted by molar-refractivity contribution is 7.78. The molecule has 0 unspecified atom stereocenters. The van der Waals surface area contributed by atoms with Crippen LogP contribution < -0.4 is 10.5 Å². The first kappa shape index (κ1) is 10.4. The van der Waals surface area contributed by atoms with Gasteiger partial charge < -0.3 is 10.5 Å². The summed E-state index contributed by atoms with van der Waals surface area (Å²) in [6, 6.07) is 4.76. The molecule has 0 saturated heterocycles. The minimum atomic E-state index is -0.566. The largest absolute Gasteiger partial charge is 0.496 e. The van der Waals surface area contributed by atoms with Crippen LogP contribution in [0.2, 0.25) is 0 Å². The van der Waals surface area contributed by atoms with Crippen LogP contribution in [-0.2, 0) is 0 Å². The van der Waals surface area contributed by atoms with Gasteiger partial charge in [-0.1, -0.05) is 0 Å². The number of nitrogens with zero attached hydrogens (tertiary/aromatic N) is 1. The topological polar surface area (TPSA) is 64.7 Å². The lowest BCUT2D eigenvalue weighted by Gasteiger charge is -2.04. The lowest BCUT2D eigenvalue weighted by molar-refractivity contribution is 0.0997. The maximum absolute atomic E-state index is 11.0. The normalized spacial score (nSPS) is 8.93. The molecule has 0 atom stereocenters. The predicted molar refractivity (Wildman–Crippen MR) is 56.2 cm³/mol. The number of nitrogens with two attached hydrogens (primary N) is 1. The van der Waals surface area contributed by atoms with E-state index >= 15 is 0 Å². The van der Waals surface area contributed by atoms with Gasteiger partial charge in [-0.15, -0.1) is 0 Å². The van der Waals surface area contributed by atoms with E-state index in [0.717, 1.165) is 0 Å². The number of methoxy groups -OCH3 is 1. The van der Waals surface area contributed by atoms with E-state index in [-0.39, 0.29) is 5.56 Å². The number of hydrogen-bond donors (Lipinski definition) is 1. The number of benzene rings is 1. The zero-order valence-electron chi connectivity index (χ0n) is 7.48. The van der Waals surface area contributed by atoms with Gasteiger partial charge in [-0.05, 0) is 30.4 Å². The number of thiocarbonyl (C=S) groups is 1. The van der Waals surface area contributed by atoms with E-state index in [0.29, 0.717) is 11.4 Å². The van der Waals surface area contributed by atoms with Gasteiger partial charge in [-0.2, -0.15) is 4.99 Å². The van der Waals surface area contributed by atoms with Crippen molar-refractivity contribution in [2.45, 2.75) is 0 Å². The summed E-state index contributed by atoms with van der Waals surface area (Å²) in [6.45, 7) is 0. The highest BCUT2D eigenvalue weighted by Crippen LogP contribution is 2.23. The van der Waals surface area contributed by atoms with Gasteiger partial charge in [0.2, 0.25) is 0 Å². The number of isothiocyanates is 1. The molecule has 5 heteroatoms. The average Bonchev–Trinajstić information content (AvgIpc) is 2.18. The molecular formula is C9H8N2O2S. The van der Waals surface area contributed by atoms with E-state index in [1.165, 1.54) is 13.2 Å². The number of hydrogen-bond acceptors (Lipinski definition) is 4. The summed E-state index contributed by atoms with van der Waals surface area (Å²) < 4.78 is 4.95. The van der Waals surface area contributed by atoms with Crippen LogP contribution in [0.1, 0.15) is 10.4 Å². The number of carbonyl (C=O) groups is 1. The van der Waals surface area contributed by atoms with E-state index in [1.54, 1.807) is 12.1 Å². The SMILES string of the molecule is COc1ccc(N=C=S)cc1C(N)=O. The fourth-order valence-corrected chi connectivity index (χ4v) is 1.12. The van der Waals surface area contributed by atoms with E-state index < -0.39 is 5.91 Å². The smallest absolute Gasteiger partial charge is 0.252 e. The Morgan fingerprint density at radius 1 is 1.64 bits per heavy atom. The molecule has 1 aromatic rings. The Morgan fingerprint density at radius 3 is 2.86 bits per heavy atom. The third-order valence-electron chi connectivity index (χ3n) is 1.62. The van der Waals surface area contributed by atoms with Crippen LogP contribution in [0.4, 0.5) is 5.69 Å². The van der Waals surface area contributed by atoms with Crippen LogP contribution in [0.25, 0.3) is 0 Å². The maximum Gasteiger partial charge on any atom is 0.252 e. The first-order valence-electron chi connectivity index (χ1n) is 3.74. The summed E-state index contributed by atoms with van der Waals surface area (Å²) in [7, 11) is 1.46. The Labute approximate surface area is 86.4 Å². The lowest BCUT2D eigenvalue weighted by atomic mass is 10.1. The van der Waals surface area contributed by atoms with Crippen molar-refractivity contribution in [3.63, 3.8) is 0 Å². The molecule has 0 bridgehead atoms. The molecule has 72 valence electrons. The van der Waals surface area contributed by atoms with Crippen molar-refractivity contribution in [1.82, 2.24) is 0 Å². The van der Waals surface area contributed by atoms with Gasteiger partial charge in [0.1, 0.15) is 5.75 Å². The number of primary amides is 1. The summed E-state index contributed by atoms with van der Waals surface area (Å²) in [5, 5.41) is 2.20. The third kappa shape index (κ3) is 2.16. The summed E-state index contributed by atoms with van der Waals surface area (Å²) in [5.41, 5.74) is 5.95. The molecule has 4 nitrogen and oxygen atoms in total. The molecule has 0 aromatic heterocycles. The maximum atomic E-state index is 11.0. The first-order chi connectivity index (χ1) is 6.69. The Balaban J connectivity index is 3.27. The number of rotatable bonds is 3. The third-order valence-corrected chi connectivity index (χ3v) is 1.71. The number of ether oxygens (including phenoxy) is 1. The van der Waals surface area contributed by atoms with Gasteiger partial charge >= 0.3 is 0 Å².